The summed E-state index contributed by atoms with van der Waals surface area (Å²) in [5, 5.41) is 2.53. The maximum Gasteiger partial charge on any atom is 0.363 e. The molecule has 0 saturated heterocycles. The Bertz CT molecular complexity index is 548. The number of thiazole rings is 1. The Hall–Kier alpha value is -1.88. The van der Waals surface area contributed by atoms with Gasteiger partial charge in [0, 0.05) is 5.38 Å². The molecule has 2 aromatic rings. The largest absolute Gasteiger partial charge is 0.494 e. The highest BCUT2D eigenvalue weighted by Crippen LogP contribution is 2.19. The van der Waals surface area contributed by atoms with E-state index in [1.165, 1.54) is 11.3 Å². The summed E-state index contributed by atoms with van der Waals surface area (Å²) in [6, 6.07) is 6.99. The third-order valence-corrected chi connectivity index (χ3v) is 3.11. The van der Waals surface area contributed by atoms with Crippen molar-refractivity contribution in [2.24, 2.45) is 0 Å². The predicted octanol–water partition coefficient (Wildman–Crippen LogP) is 3.46. The van der Waals surface area contributed by atoms with Gasteiger partial charge in [0.1, 0.15) is 11.5 Å². The molecule has 5 heteroatoms. The number of nitrogens with zero attached hydrogens (tertiary/aromatic N) is 1. The van der Waals surface area contributed by atoms with Crippen molar-refractivity contribution < 1.29 is 14.3 Å². The molecular formula is C14H15NO3S. The van der Waals surface area contributed by atoms with Crippen LogP contribution in [0.25, 0.3) is 0 Å². The average molecular weight is 277 g/mol. The van der Waals surface area contributed by atoms with E-state index in [1.54, 1.807) is 29.6 Å². The number of benzene rings is 1. The summed E-state index contributed by atoms with van der Waals surface area (Å²) in [6.07, 6.45) is 0.958. The van der Waals surface area contributed by atoms with E-state index < -0.39 is 5.97 Å². The van der Waals surface area contributed by atoms with E-state index in [9.17, 15) is 4.79 Å². The Labute approximate surface area is 116 Å². The van der Waals surface area contributed by atoms with E-state index in [0.717, 1.165) is 17.2 Å². The predicted molar refractivity (Wildman–Crippen MR) is 74.0 cm³/mol. The average Bonchev–Trinajstić information content (AvgIpc) is 2.85. The highest BCUT2D eigenvalue weighted by atomic mass is 32.1. The SMILES string of the molecule is CCCOc1ccc(OC(=O)c2csc(C)n2)cc1. The summed E-state index contributed by atoms with van der Waals surface area (Å²) >= 11 is 1.42. The maximum atomic E-state index is 11.8. The molecule has 100 valence electrons. The van der Waals surface area contributed by atoms with Crippen molar-refractivity contribution in [3.63, 3.8) is 0 Å². The normalized spacial score (nSPS) is 10.2. The van der Waals surface area contributed by atoms with Gasteiger partial charge in [-0.25, -0.2) is 9.78 Å². The molecule has 0 spiro atoms. The van der Waals surface area contributed by atoms with Gasteiger partial charge in [-0.2, -0.15) is 0 Å². The number of carbonyl (C=O) groups is 1. The van der Waals surface area contributed by atoms with Crippen LogP contribution in [0.3, 0.4) is 0 Å². The Kier molecular flexibility index (Phi) is 4.52. The molecule has 0 unspecified atom stereocenters. The molecule has 0 fully saturated rings. The first kappa shape index (κ1) is 13.5. The molecule has 0 aliphatic carbocycles. The lowest BCUT2D eigenvalue weighted by atomic mass is 10.3. The van der Waals surface area contributed by atoms with Crippen LogP contribution in [0.15, 0.2) is 29.6 Å². The number of ether oxygens (including phenoxy) is 2. The van der Waals surface area contributed by atoms with Crippen molar-refractivity contribution in [1.29, 1.82) is 0 Å². The summed E-state index contributed by atoms with van der Waals surface area (Å²) < 4.78 is 10.7. The molecule has 0 atom stereocenters. The van der Waals surface area contributed by atoms with Gasteiger partial charge < -0.3 is 9.47 Å². The van der Waals surface area contributed by atoms with Gasteiger partial charge in [0.05, 0.1) is 11.6 Å². The molecule has 0 N–H and O–H groups in total. The monoisotopic (exact) mass is 277 g/mol. The first-order valence-electron chi connectivity index (χ1n) is 6.06. The Balaban J connectivity index is 1.97. The van der Waals surface area contributed by atoms with Crippen LogP contribution in [-0.4, -0.2) is 17.6 Å². The number of aryl methyl sites for hydroxylation is 1. The topological polar surface area (TPSA) is 48.4 Å². The number of esters is 1. The Morgan fingerprint density at radius 2 is 1.95 bits per heavy atom. The van der Waals surface area contributed by atoms with Crippen molar-refractivity contribution >= 4 is 17.3 Å². The summed E-state index contributed by atoms with van der Waals surface area (Å²) in [7, 11) is 0. The van der Waals surface area contributed by atoms with Crippen LogP contribution in [0.1, 0.15) is 28.8 Å². The second-order valence-electron chi connectivity index (χ2n) is 3.96. The number of carbonyl (C=O) groups excluding carboxylic acids is 1. The fourth-order valence-electron chi connectivity index (χ4n) is 1.44. The van der Waals surface area contributed by atoms with Crippen LogP contribution in [0.5, 0.6) is 11.5 Å². The lowest BCUT2D eigenvalue weighted by Gasteiger charge is -2.06. The first-order chi connectivity index (χ1) is 9.19. The molecule has 0 radical (unpaired) electrons. The Morgan fingerprint density at radius 3 is 2.53 bits per heavy atom. The summed E-state index contributed by atoms with van der Waals surface area (Å²) in [4.78, 5) is 15.9. The molecule has 1 heterocycles. The van der Waals surface area contributed by atoms with Gasteiger partial charge in [-0.15, -0.1) is 11.3 Å². The van der Waals surface area contributed by atoms with Gasteiger partial charge in [0.15, 0.2) is 5.69 Å². The molecule has 19 heavy (non-hydrogen) atoms. The van der Waals surface area contributed by atoms with Crippen LogP contribution in [0.4, 0.5) is 0 Å². The quantitative estimate of drug-likeness (QED) is 0.620. The minimum absolute atomic E-state index is 0.341. The van der Waals surface area contributed by atoms with Gasteiger partial charge in [0.2, 0.25) is 0 Å². The molecule has 0 saturated carbocycles. The highest BCUT2D eigenvalue weighted by Gasteiger charge is 2.11. The van der Waals surface area contributed by atoms with Crippen molar-refractivity contribution in [1.82, 2.24) is 4.98 Å². The van der Waals surface area contributed by atoms with Crippen molar-refractivity contribution in [2.45, 2.75) is 20.3 Å². The minimum atomic E-state index is -0.438. The third-order valence-electron chi connectivity index (χ3n) is 2.34. The third kappa shape index (κ3) is 3.79. The molecule has 0 bridgehead atoms. The molecule has 0 aliphatic heterocycles. The zero-order valence-electron chi connectivity index (χ0n) is 10.9. The summed E-state index contributed by atoms with van der Waals surface area (Å²) in [5.74, 6) is 0.817. The second kappa shape index (κ2) is 6.33. The van der Waals surface area contributed by atoms with Crippen molar-refractivity contribution in [2.75, 3.05) is 6.61 Å². The van der Waals surface area contributed by atoms with E-state index in [4.69, 9.17) is 9.47 Å². The zero-order chi connectivity index (χ0) is 13.7. The number of hydrogen-bond donors (Lipinski definition) is 0. The van der Waals surface area contributed by atoms with E-state index in [2.05, 4.69) is 4.98 Å². The van der Waals surface area contributed by atoms with Crippen LogP contribution in [0, 0.1) is 6.92 Å². The molecule has 2 rings (SSSR count). The number of rotatable bonds is 5. The molecule has 0 amide bonds. The lowest BCUT2D eigenvalue weighted by Crippen LogP contribution is -2.08. The van der Waals surface area contributed by atoms with Crippen LogP contribution >= 0.6 is 11.3 Å². The smallest absolute Gasteiger partial charge is 0.363 e. The van der Waals surface area contributed by atoms with Gasteiger partial charge in [0.25, 0.3) is 0 Å². The van der Waals surface area contributed by atoms with E-state index in [-0.39, 0.29) is 0 Å². The molecular weight excluding hydrogens is 262 g/mol. The van der Waals surface area contributed by atoms with Crippen molar-refractivity contribution in [3.8, 4) is 11.5 Å². The fraction of sp³-hybridized carbons (Fsp3) is 0.286. The van der Waals surface area contributed by atoms with Crippen LogP contribution < -0.4 is 9.47 Å². The molecule has 0 aliphatic rings. The molecule has 1 aromatic carbocycles. The van der Waals surface area contributed by atoms with Gasteiger partial charge in [-0.1, -0.05) is 6.92 Å². The summed E-state index contributed by atoms with van der Waals surface area (Å²) in [6.45, 7) is 4.57. The van der Waals surface area contributed by atoms with Gasteiger partial charge in [-0.05, 0) is 37.6 Å². The zero-order valence-corrected chi connectivity index (χ0v) is 11.7. The van der Waals surface area contributed by atoms with E-state index >= 15 is 0 Å². The standard InChI is InChI=1S/C14H15NO3S/c1-3-8-17-11-4-6-12(7-5-11)18-14(16)13-9-19-10(2)15-13/h4-7,9H,3,8H2,1-2H3. The van der Waals surface area contributed by atoms with Crippen LogP contribution in [0.2, 0.25) is 0 Å². The summed E-state index contributed by atoms with van der Waals surface area (Å²) in [5.41, 5.74) is 0.341. The van der Waals surface area contributed by atoms with Gasteiger partial charge >= 0.3 is 5.97 Å². The van der Waals surface area contributed by atoms with Crippen LogP contribution in [-0.2, 0) is 0 Å². The van der Waals surface area contributed by atoms with Gasteiger partial charge in [-0.3, -0.25) is 0 Å². The number of aromatic nitrogens is 1. The highest BCUT2D eigenvalue weighted by molar-refractivity contribution is 7.09. The maximum absolute atomic E-state index is 11.8. The lowest BCUT2D eigenvalue weighted by molar-refractivity contribution is 0.0729. The number of hydrogen-bond acceptors (Lipinski definition) is 5. The van der Waals surface area contributed by atoms with E-state index in [1.807, 2.05) is 13.8 Å². The molecule has 1 aromatic heterocycles. The molecule has 4 nitrogen and oxygen atoms in total. The Morgan fingerprint density at radius 1 is 1.26 bits per heavy atom. The first-order valence-corrected chi connectivity index (χ1v) is 6.94. The minimum Gasteiger partial charge on any atom is -0.494 e. The fourth-order valence-corrected chi connectivity index (χ4v) is 2.02. The van der Waals surface area contributed by atoms with E-state index in [0.29, 0.717) is 18.1 Å². The van der Waals surface area contributed by atoms with Crippen molar-refractivity contribution in [3.05, 3.63) is 40.3 Å². The second-order valence-corrected chi connectivity index (χ2v) is 5.02.